The van der Waals surface area contributed by atoms with Gasteiger partial charge in [0.2, 0.25) is 0 Å². The molecule has 4 rings (SSSR count). The zero-order chi connectivity index (χ0) is 16.0. The number of fused-ring (bicyclic) bond motifs is 1. The van der Waals surface area contributed by atoms with Crippen LogP contribution in [0, 0.1) is 5.82 Å². The van der Waals surface area contributed by atoms with Gasteiger partial charge >= 0.3 is 5.69 Å². The van der Waals surface area contributed by atoms with E-state index >= 15 is 0 Å². The Morgan fingerprint density at radius 1 is 1.13 bits per heavy atom. The van der Waals surface area contributed by atoms with Gasteiger partial charge in [-0.25, -0.2) is 9.18 Å². The minimum Gasteiger partial charge on any atom is -0.381 e. The highest BCUT2D eigenvalue weighted by molar-refractivity contribution is 5.30. The summed E-state index contributed by atoms with van der Waals surface area (Å²) >= 11 is 0. The number of rotatable bonds is 2. The average molecular weight is 314 g/mol. The first kappa shape index (κ1) is 14.4. The van der Waals surface area contributed by atoms with Crippen LogP contribution in [0.1, 0.15) is 36.4 Å². The monoisotopic (exact) mass is 314 g/mol. The Hall–Kier alpha value is -2.21. The fourth-order valence-corrected chi connectivity index (χ4v) is 3.86. The fraction of sp³-hybridized carbons (Fsp3) is 0.412. The predicted molar refractivity (Wildman–Crippen MR) is 85.2 cm³/mol. The molecular weight excluding hydrogens is 295 g/mol. The van der Waals surface area contributed by atoms with E-state index in [1.54, 1.807) is 0 Å². The minimum absolute atomic E-state index is 0.00110. The number of anilines is 1. The largest absolute Gasteiger partial charge is 0.381 e. The van der Waals surface area contributed by atoms with Gasteiger partial charge < -0.3 is 5.73 Å². The van der Waals surface area contributed by atoms with E-state index in [1.165, 1.54) is 21.9 Å². The molecule has 1 aliphatic carbocycles. The highest BCUT2D eigenvalue weighted by atomic mass is 19.1. The molecule has 1 aromatic heterocycles. The zero-order valence-corrected chi connectivity index (χ0v) is 12.8. The molecule has 1 aromatic carbocycles. The summed E-state index contributed by atoms with van der Waals surface area (Å²) in [6.45, 7) is 1.91. The summed E-state index contributed by atoms with van der Waals surface area (Å²) in [6.07, 6.45) is 3.93. The molecule has 5 nitrogen and oxygen atoms in total. The van der Waals surface area contributed by atoms with E-state index in [4.69, 9.17) is 5.73 Å². The lowest BCUT2D eigenvalue weighted by Gasteiger charge is -2.23. The highest BCUT2D eigenvalue weighted by Gasteiger charge is 2.33. The van der Waals surface area contributed by atoms with Crippen LogP contribution in [0.25, 0.3) is 0 Å². The molecule has 2 atom stereocenters. The van der Waals surface area contributed by atoms with Crippen molar-refractivity contribution in [3.8, 4) is 0 Å². The first-order valence-corrected chi connectivity index (χ1v) is 7.97. The lowest BCUT2D eigenvalue weighted by molar-refractivity contribution is 0.197. The van der Waals surface area contributed by atoms with Crippen LogP contribution in [0.3, 0.4) is 0 Å². The van der Waals surface area contributed by atoms with E-state index in [-0.39, 0.29) is 11.9 Å². The molecule has 0 spiro atoms. The predicted octanol–water partition coefficient (Wildman–Crippen LogP) is 2.07. The van der Waals surface area contributed by atoms with Crippen molar-refractivity contribution in [2.24, 2.45) is 0 Å². The molecule has 2 N–H and O–H groups in total. The molecule has 0 amide bonds. The first-order chi connectivity index (χ1) is 11.1. The average Bonchev–Trinajstić information content (AvgIpc) is 3.17. The normalized spacial score (nSPS) is 24.0. The van der Waals surface area contributed by atoms with Crippen LogP contribution < -0.4 is 11.4 Å². The van der Waals surface area contributed by atoms with Crippen molar-refractivity contribution in [1.29, 1.82) is 0 Å². The van der Waals surface area contributed by atoms with Gasteiger partial charge in [-0.1, -0.05) is 24.3 Å². The standard InChI is InChI=1S/C17H19FN4O/c18-15-10-22(17(23)20-16(15)19)14-6-5-13(7-14)21-8-11-3-1-2-4-12(11)9-21/h1-4,10,13-14H,5-9H2,(H2,19,20,23)/t13-,14-/m0/s1. The molecule has 1 aliphatic heterocycles. The first-order valence-electron chi connectivity index (χ1n) is 7.97. The lowest BCUT2D eigenvalue weighted by atomic mass is 10.1. The van der Waals surface area contributed by atoms with Crippen molar-refractivity contribution < 1.29 is 4.39 Å². The molecule has 120 valence electrons. The number of hydrogen-bond donors (Lipinski definition) is 1. The van der Waals surface area contributed by atoms with E-state index < -0.39 is 11.5 Å². The van der Waals surface area contributed by atoms with Gasteiger partial charge in [-0.2, -0.15) is 4.98 Å². The zero-order valence-electron chi connectivity index (χ0n) is 12.8. The molecule has 0 unspecified atom stereocenters. The molecule has 1 saturated carbocycles. The molecule has 0 bridgehead atoms. The van der Waals surface area contributed by atoms with Gasteiger partial charge in [0.25, 0.3) is 0 Å². The van der Waals surface area contributed by atoms with Crippen molar-refractivity contribution >= 4 is 5.82 Å². The molecule has 2 aromatic rings. The summed E-state index contributed by atoms with van der Waals surface area (Å²) in [5.41, 5.74) is 7.66. The van der Waals surface area contributed by atoms with Crippen molar-refractivity contribution in [2.75, 3.05) is 5.73 Å². The van der Waals surface area contributed by atoms with Gasteiger partial charge in [0, 0.05) is 31.4 Å². The summed E-state index contributed by atoms with van der Waals surface area (Å²) in [5, 5.41) is 0. The second-order valence-electron chi connectivity index (χ2n) is 6.46. The second kappa shape index (κ2) is 5.45. The van der Waals surface area contributed by atoms with Crippen LogP contribution >= 0.6 is 0 Å². The summed E-state index contributed by atoms with van der Waals surface area (Å²) in [6, 6.07) is 8.90. The Kier molecular flexibility index (Phi) is 3.41. The van der Waals surface area contributed by atoms with Crippen molar-refractivity contribution in [3.63, 3.8) is 0 Å². The maximum absolute atomic E-state index is 13.6. The van der Waals surface area contributed by atoms with E-state index in [1.807, 2.05) is 0 Å². The van der Waals surface area contributed by atoms with Crippen LogP contribution in [-0.2, 0) is 13.1 Å². The third kappa shape index (κ3) is 2.53. The molecule has 23 heavy (non-hydrogen) atoms. The van der Waals surface area contributed by atoms with Crippen LogP contribution in [0.2, 0.25) is 0 Å². The Bertz CT molecular complexity index is 778. The second-order valence-corrected chi connectivity index (χ2v) is 6.46. The molecule has 2 aliphatic rings. The van der Waals surface area contributed by atoms with Gasteiger partial charge in [-0.3, -0.25) is 9.47 Å². The third-order valence-electron chi connectivity index (χ3n) is 5.09. The van der Waals surface area contributed by atoms with Crippen LogP contribution in [0.15, 0.2) is 35.3 Å². The van der Waals surface area contributed by atoms with Gasteiger partial charge in [0.15, 0.2) is 11.6 Å². The van der Waals surface area contributed by atoms with Gasteiger partial charge in [0.05, 0.1) is 0 Å². The SMILES string of the molecule is Nc1nc(=O)n([C@H]2CC[C@H](N3Cc4ccccc4C3)C2)cc1F. The molecular formula is C17H19FN4O. The maximum Gasteiger partial charge on any atom is 0.349 e. The topological polar surface area (TPSA) is 64.1 Å². The van der Waals surface area contributed by atoms with Gasteiger partial charge in [0.1, 0.15) is 0 Å². The number of benzene rings is 1. The Labute approximate surface area is 133 Å². The van der Waals surface area contributed by atoms with E-state index in [9.17, 15) is 9.18 Å². The van der Waals surface area contributed by atoms with Crippen LogP contribution in [-0.4, -0.2) is 20.5 Å². The number of hydrogen-bond acceptors (Lipinski definition) is 4. The minimum atomic E-state index is -0.623. The number of nitrogens with zero attached hydrogens (tertiary/aromatic N) is 3. The van der Waals surface area contributed by atoms with E-state index in [2.05, 4.69) is 34.1 Å². The van der Waals surface area contributed by atoms with Crippen LogP contribution in [0.5, 0.6) is 0 Å². The van der Waals surface area contributed by atoms with Crippen molar-refractivity contribution in [3.05, 3.63) is 57.9 Å². The van der Waals surface area contributed by atoms with Crippen molar-refractivity contribution in [2.45, 2.75) is 44.4 Å². The Morgan fingerprint density at radius 3 is 2.48 bits per heavy atom. The van der Waals surface area contributed by atoms with E-state index in [0.29, 0.717) is 6.04 Å². The van der Waals surface area contributed by atoms with Gasteiger partial charge in [-0.15, -0.1) is 0 Å². The number of aromatic nitrogens is 2. The molecule has 6 heteroatoms. The fourth-order valence-electron chi connectivity index (χ4n) is 3.86. The summed E-state index contributed by atoms with van der Waals surface area (Å²) in [5.74, 6) is -0.947. The third-order valence-corrected chi connectivity index (χ3v) is 5.09. The molecule has 2 heterocycles. The summed E-state index contributed by atoms with van der Waals surface area (Å²) in [4.78, 5) is 18.0. The van der Waals surface area contributed by atoms with Gasteiger partial charge in [-0.05, 0) is 30.4 Å². The highest BCUT2D eigenvalue weighted by Crippen LogP contribution is 2.36. The number of halogens is 1. The number of nitrogen functional groups attached to an aromatic ring is 1. The van der Waals surface area contributed by atoms with Crippen LogP contribution in [0.4, 0.5) is 10.2 Å². The molecule has 0 radical (unpaired) electrons. The quantitative estimate of drug-likeness (QED) is 0.922. The van der Waals surface area contributed by atoms with E-state index in [0.717, 1.165) is 32.4 Å². The van der Waals surface area contributed by atoms with Crippen molar-refractivity contribution in [1.82, 2.24) is 14.5 Å². The Balaban J connectivity index is 1.50. The molecule has 0 saturated heterocycles. The lowest BCUT2D eigenvalue weighted by Crippen LogP contribution is -2.31. The maximum atomic E-state index is 13.6. The molecule has 1 fully saturated rings. The Morgan fingerprint density at radius 2 is 1.78 bits per heavy atom. The summed E-state index contributed by atoms with van der Waals surface area (Å²) < 4.78 is 15.0. The number of nitrogens with two attached hydrogens (primary N) is 1. The summed E-state index contributed by atoms with van der Waals surface area (Å²) in [7, 11) is 0. The smallest absolute Gasteiger partial charge is 0.349 e.